The number of nitrogens with zero attached hydrogens (tertiary/aromatic N) is 1. The number of fused-ring (bicyclic) bond motifs is 3. The van der Waals surface area contributed by atoms with Crippen LogP contribution in [0.25, 0.3) is 11.1 Å². The summed E-state index contributed by atoms with van der Waals surface area (Å²) in [6.45, 7) is 0.117. The van der Waals surface area contributed by atoms with Gasteiger partial charge in [0.15, 0.2) is 0 Å². The fraction of sp³-hybridized carbons (Fsp3) is 0.320. The molecule has 0 atom stereocenters. The molecular weight excluding hydrogens is 408 g/mol. The van der Waals surface area contributed by atoms with Crippen molar-refractivity contribution in [3.63, 3.8) is 0 Å². The van der Waals surface area contributed by atoms with Gasteiger partial charge in [-0.3, -0.25) is 4.79 Å². The molecule has 7 nitrogen and oxygen atoms in total. The van der Waals surface area contributed by atoms with Crippen LogP contribution < -0.4 is 5.32 Å². The molecule has 0 heterocycles. The standard InChI is InChI=1S/C25H24N2O5/c1-27(25(23(29)30)13-7-14-25)22(28)12-6-15-26-24(31)32-16-21-19-10-4-2-8-17(19)18-9-3-5-11-20(18)21/h2-5,8-11,21H,7,13-16H2,1H3,(H,26,31)(H,29,30). The van der Waals surface area contributed by atoms with Crippen LogP contribution in [0.1, 0.15) is 36.3 Å². The Bertz CT molecular complexity index is 1080. The number of amides is 2. The largest absolute Gasteiger partial charge is 0.479 e. The van der Waals surface area contributed by atoms with Crippen LogP contribution in [0.4, 0.5) is 4.79 Å². The summed E-state index contributed by atoms with van der Waals surface area (Å²) in [5, 5.41) is 11.9. The highest BCUT2D eigenvalue weighted by Gasteiger charge is 2.49. The van der Waals surface area contributed by atoms with Crippen molar-refractivity contribution in [2.24, 2.45) is 0 Å². The molecule has 0 aromatic heterocycles. The fourth-order valence-corrected chi connectivity index (χ4v) is 4.37. The quantitative estimate of drug-likeness (QED) is 0.708. The predicted molar refractivity (Wildman–Crippen MR) is 118 cm³/mol. The molecule has 4 rings (SSSR count). The number of ether oxygens (including phenoxy) is 1. The van der Waals surface area contributed by atoms with Gasteiger partial charge in [-0.05, 0) is 47.4 Å². The number of nitrogens with one attached hydrogen (secondary N) is 1. The Morgan fingerprint density at radius 3 is 2.22 bits per heavy atom. The van der Waals surface area contributed by atoms with Crippen LogP contribution in [0, 0.1) is 11.8 Å². The van der Waals surface area contributed by atoms with Crippen molar-refractivity contribution in [3.05, 3.63) is 59.7 Å². The third-order valence-corrected chi connectivity index (χ3v) is 6.39. The van der Waals surface area contributed by atoms with E-state index in [9.17, 15) is 19.5 Å². The molecule has 2 amide bonds. The number of carboxylic acid groups (broad SMARTS) is 1. The molecule has 2 N–H and O–H groups in total. The van der Waals surface area contributed by atoms with E-state index in [4.69, 9.17) is 4.74 Å². The Kier molecular flexibility index (Phi) is 5.87. The molecule has 0 aliphatic heterocycles. The molecule has 2 aliphatic carbocycles. The lowest BCUT2D eigenvalue weighted by Crippen LogP contribution is -2.59. The summed E-state index contributed by atoms with van der Waals surface area (Å²) in [6.07, 6.45) is 0.984. The first-order valence-electron chi connectivity index (χ1n) is 10.5. The first kappa shape index (κ1) is 21.4. The Labute approximate surface area is 186 Å². The third-order valence-electron chi connectivity index (χ3n) is 6.39. The minimum absolute atomic E-state index is 0.0378. The fourth-order valence-electron chi connectivity index (χ4n) is 4.37. The summed E-state index contributed by atoms with van der Waals surface area (Å²) in [5.74, 6) is 3.33. The van der Waals surface area contributed by atoms with Crippen molar-refractivity contribution >= 4 is 18.0 Å². The number of carbonyl (C=O) groups excluding carboxylic acids is 2. The average Bonchev–Trinajstić information content (AvgIpc) is 3.08. The van der Waals surface area contributed by atoms with Crippen LogP contribution in [-0.4, -0.2) is 53.7 Å². The highest BCUT2D eigenvalue weighted by atomic mass is 16.5. The Morgan fingerprint density at radius 1 is 1.09 bits per heavy atom. The van der Waals surface area contributed by atoms with Crippen molar-refractivity contribution in [2.45, 2.75) is 30.7 Å². The van der Waals surface area contributed by atoms with E-state index in [-0.39, 0.29) is 19.1 Å². The topological polar surface area (TPSA) is 95.9 Å². The number of likely N-dealkylation sites (N-methyl/N-ethyl adjacent to an activating group) is 1. The van der Waals surface area contributed by atoms with E-state index in [0.717, 1.165) is 28.7 Å². The highest BCUT2D eigenvalue weighted by molar-refractivity contribution is 5.97. The first-order valence-corrected chi connectivity index (χ1v) is 10.5. The van der Waals surface area contributed by atoms with Gasteiger partial charge in [0.2, 0.25) is 0 Å². The summed E-state index contributed by atoms with van der Waals surface area (Å²) in [4.78, 5) is 37.0. The Morgan fingerprint density at radius 2 is 1.69 bits per heavy atom. The minimum atomic E-state index is -1.16. The SMILES string of the molecule is CN(C(=O)C#CCNC(=O)OCC1c2ccccc2-c2ccccc21)C1(C(=O)O)CCC1. The van der Waals surface area contributed by atoms with E-state index in [1.54, 1.807) is 0 Å². The number of hydrogen-bond acceptors (Lipinski definition) is 4. The van der Waals surface area contributed by atoms with Gasteiger partial charge in [-0.1, -0.05) is 54.5 Å². The van der Waals surface area contributed by atoms with Crippen molar-refractivity contribution in [2.75, 3.05) is 20.2 Å². The van der Waals surface area contributed by atoms with Crippen LogP contribution in [-0.2, 0) is 14.3 Å². The number of carbonyl (C=O) groups is 3. The minimum Gasteiger partial charge on any atom is -0.479 e. The third kappa shape index (κ3) is 3.80. The zero-order valence-electron chi connectivity index (χ0n) is 17.8. The molecule has 7 heteroatoms. The molecule has 0 unspecified atom stereocenters. The number of alkyl carbamates (subject to hydrolysis) is 1. The molecule has 0 saturated heterocycles. The molecule has 0 spiro atoms. The second kappa shape index (κ2) is 8.75. The zero-order chi connectivity index (χ0) is 22.7. The monoisotopic (exact) mass is 432 g/mol. The van der Waals surface area contributed by atoms with Gasteiger partial charge in [0.25, 0.3) is 5.91 Å². The van der Waals surface area contributed by atoms with E-state index < -0.39 is 23.5 Å². The van der Waals surface area contributed by atoms with E-state index in [2.05, 4.69) is 29.3 Å². The summed E-state index contributed by atoms with van der Waals surface area (Å²) >= 11 is 0. The molecule has 164 valence electrons. The first-order chi connectivity index (χ1) is 15.4. The van der Waals surface area contributed by atoms with Crippen LogP contribution in [0.5, 0.6) is 0 Å². The smallest absolute Gasteiger partial charge is 0.407 e. The van der Waals surface area contributed by atoms with E-state index in [1.165, 1.54) is 11.9 Å². The van der Waals surface area contributed by atoms with E-state index in [0.29, 0.717) is 12.8 Å². The summed E-state index contributed by atoms with van der Waals surface area (Å²) in [5.41, 5.74) is 3.38. The molecule has 0 bridgehead atoms. The lowest BCUT2D eigenvalue weighted by molar-refractivity contribution is -0.162. The van der Waals surface area contributed by atoms with Gasteiger partial charge < -0.3 is 20.1 Å². The Hall–Kier alpha value is -3.79. The predicted octanol–water partition coefficient (Wildman–Crippen LogP) is 2.99. The van der Waals surface area contributed by atoms with Crippen LogP contribution in [0.15, 0.2) is 48.5 Å². The maximum atomic E-state index is 12.2. The molecule has 2 aliphatic rings. The summed E-state index contributed by atoms with van der Waals surface area (Å²) in [6, 6.07) is 16.1. The van der Waals surface area contributed by atoms with E-state index >= 15 is 0 Å². The zero-order valence-corrected chi connectivity index (χ0v) is 17.8. The van der Waals surface area contributed by atoms with Gasteiger partial charge >= 0.3 is 12.1 Å². The van der Waals surface area contributed by atoms with Crippen molar-refractivity contribution in [1.29, 1.82) is 0 Å². The summed E-state index contributed by atoms with van der Waals surface area (Å²) < 4.78 is 5.42. The lowest BCUT2D eigenvalue weighted by atomic mass is 9.75. The van der Waals surface area contributed by atoms with Gasteiger partial charge in [0.05, 0.1) is 6.54 Å². The van der Waals surface area contributed by atoms with Gasteiger partial charge in [-0.2, -0.15) is 0 Å². The van der Waals surface area contributed by atoms with Crippen LogP contribution in [0.2, 0.25) is 0 Å². The second-order valence-corrected chi connectivity index (χ2v) is 8.04. The average molecular weight is 432 g/mol. The number of rotatable bonds is 5. The molecular formula is C25H24N2O5. The number of aliphatic carboxylic acids is 1. The van der Waals surface area contributed by atoms with Gasteiger partial charge in [0, 0.05) is 13.0 Å². The molecule has 0 radical (unpaired) electrons. The van der Waals surface area contributed by atoms with Gasteiger partial charge in [-0.15, -0.1) is 0 Å². The second-order valence-electron chi connectivity index (χ2n) is 8.04. The van der Waals surface area contributed by atoms with Gasteiger partial charge in [-0.25, -0.2) is 9.59 Å². The molecule has 1 fully saturated rings. The van der Waals surface area contributed by atoms with Crippen LogP contribution in [0.3, 0.4) is 0 Å². The van der Waals surface area contributed by atoms with Crippen molar-refractivity contribution in [3.8, 4) is 23.0 Å². The highest BCUT2D eigenvalue weighted by Crippen LogP contribution is 2.44. The van der Waals surface area contributed by atoms with Crippen molar-refractivity contribution < 1.29 is 24.2 Å². The van der Waals surface area contributed by atoms with Crippen molar-refractivity contribution in [1.82, 2.24) is 10.2 Å². The number of benzene rings is 2. The normalized spacial score (nSPS) is 15.3. The van der Waals surface area contributed by atoms with Gasteiger partial charge in [0.1, 0.15) is 12.1 Å². The maximum absolute atomic E-state index is 12.2. The molecule has 2 aromatic rings. The number of carboxylic acids is 1. The van der Waals surface area contributed by atoms with E-state index in [1.807, 2.05) is 36.4 Å². The maximum Gasteiger partial charge on any atom is 0.407 e. The lowest BCUT2D eigenvalue weighted by Gasteiger charge is -2.43. The molecule has 1 saturated carbocycles. The number of hydrogen-bond donors (Lipinski definition) is 2. The summed E-state index contributed by atoms with van der Waals surface area (Å²) in [7, 11) is 1.45. The van der Waals surface area contributed by atoms with Crippen LogP contribution >= 0.6 is 0 Å². The molecule has 2 aromatic carbocycles. The Balaban J connectivity index is 1.30. The molecule has 32 heavy (non-hydrogen) atoms.